The van der Waals surface area contributed by atoms with Gasteiger partial charge >= 0.3 is 5.97 Å². The molecule has 1 aliphatic carbocycles. The van der Waals surface area contributed by atoms with E-state index >= 15 is 0 Å². The monoisotopic (exact) mass is 314 g/mol. The van der Waals surface area contributed by atoms with E-state index in [0.717, 1.165) is 24.1 Å². The molecule has 1 aromatic heterocycles. The number of aromatic nitrogens is 1. The van der Waals surface area contributed by atoms with Gasteiger partial charge in [0, 0.05) is 17.8 Å². The van der Waals surface area contributed by atoms with Gasteiger partial charge in [-0.3, -0.25) is 4.98 Å². The van der Waals surface area contributed by atoms with Crippen molar-refractivity contribution in [1.29, 1.82) is 0 Å². The number of pyridine rings is 1. The van der Waals surface area contributed by atoms with E-state index in [4.69, 9.17) is 0 Å². The van der Waals surface area contributed by atoms with Crippen molar-refractivity contribution >= 4 is 17.3 Å². The Hall–Kier alpha value is -2.67. The number of anilines is 2. The summed E-state index contributed by atoms with van der Waals surface area (Å²) >= 11 is 0. The SMILES string of the molecule is O=C(O)c1ccncc1NC1NN(C2CC2)c2ccc(F)cc21. The van der Waals surface area contributed by atoms with Crippen LogP contribution in [0.4, 0.5) is 15.8 Å². The predicted molar refractivity (Wildman–Crippen MR) is 82.6 cm³/mol. The van der Waals surface area contributed by atoms with Gasteiger partial charge in [0.15, 0.2) is 0 Å². The van der Waals surface area contributed by atoms with Crippen LogP contribution in [0.5, 0.6) is 0 Å². The molecule has 0 bridgehead atoms. The van der Waals surface area contributed by atoms with Crippen molar-refractivity contribution in [3.63, 3.8) is 0 Å². The molecule has 1 unspecified atom stereocenters. The molecule has 1 aliphatic heterocycles. The summed E-state index contributed by atoms with van der Waals surface area (Å²) in [6, 6.07) is 6.49. The van der Waals surface area contributed by atoms with Crippen LogP contribution in [0.2, 0.25) is 0 Å². The van der Waals surface area contributed by atoms with Crippen LogP contribution in [0.3, 0.4) is 0 Å². The zero-order chi connectivity index (χ0) is 16.0. The fourth-order valence-electron chi connectivity index (χ4n) is 2.85. The number of halogens is 1. The van der Waals surface area contributed by atoms with Crippen molar-refractivity contribution in [3.8, 4) is 0 Å². The van der Waals surface area contributed by atoms with Gasteiger partial charge in [-0.15, -0.1) is 0 Å². The van der Waals surface area contributed by atoms with E-state index in [0.29, 0.717) is 11.7 Å². The fraction of sp³-hybridized carbons (Fsp3) is 0.250. The highest BCUT2D eigenvalue weighted by atomic mass is 19.1. The van der Waals surface area contributed by atoms with E-state index in [1.165, 1.54) is 30.6 Å². The Morgan fingerprint density at radius 3 is 2.96 bits per heavy atom. The molecular weight excluding hydrogens is 299 g/mol. The number of benzene rings is 1. The number of rotatable bonds is 4. The Morgan fingerprint density at radius 2 is 2.22 bits per heavy atom. The van der Waals surface area contributed by atoms with Crippen LogP contribution >= 0.6 is 0 Å². The third kappa shape index (κ3) is 2.49. The van der Waals surface area contributed by atoms with Crippen molar-refractivity contribution in [3.05, 3.63) is 53.6 Å². The molecule has 2 aromatic rings. The number of nitrogens with one attached hydrogen (secondary N) is 2. The largest absolute Gasteiger partial charge is 0.478 e. The highest BCUT2D eigenvalue weighted by molar-refractivity contribution is 5.94. The topological polar surface area (TPSA) is 77.5 Å². The highest BCUT2D eigenvalue weighted by Gasteiger charge is 2.38. The molecule has 4 rings (SSSR count). The Balaban J connectivity index is 1.68. The van der Waals surface area contributed by atoms with Crippen molar-refractivity contribution in [1.82, 2.24) is 10.4 Å². The van der Waals surface area contributed by atoms with Gasteiger partial charge in [0.05, 0.1) is 23.1 Å². The third-order valence-electron chi connectivity index (χ3n) is 4.09. The van der Waals surface area contributed by atoms with E-state index in [-0.39, 0.29) is 11.4 Å². The lowest BCUT2D eigenvalue weighted by molar-refractivity contribution is 0.0697. The molecule has 1 aromatic carbocycles. The molecule has 118 valence electrons. The maximum absolute atomic E-state index is 13.6. The van der Waals surface area contributed by atoms with Gasteiger partial charge in [-0.2, -0.15) is 0 Å². The number of nitrogens with zero attached hydrogens (tertiary/aromatic N) is 2. The van der Waals surface area contributed by atoms with Crippen molar-refractivity contribution < 1.29 is 14.3 Å². The summed E-state index contributed by atoms with van der Waals surface area (Å²) in [6.45, 7) is 0. The average molecular weight is 314 g/mol. The molecule has 6 nitrogen and oxygen atoms in total. The van der Waals surface area contributed by atoms with Gasteiger partial charge in [0.25, 0.3) is 0 Å². The molecular formula is C16H15FN4O2. The number of hydrogen-bond acceptors (Lipinski definition) is 5. The summed E-state index contributed by atoms with van der Waals surface area (Å²) < 4.78 is 13.6. The van der Waals surface area contributed by atoms with Crippen LogP contribution in [0, 0.1) is 5.82 Å². The zero-order valence-electron chi connectivity index (χ0n) is 12.2. The summed E-state index contributed by atoms with van der Waals surface area (Å²) in [7, 11) is 0. The molecule has 0 amide bonds. The molecule has 0 spiro atoms. The number of carbonyl (C=O) groups is 1. The van der Waals surface area contributed by atoms with Crippen LogP contribution in [-0.4, -0.2) is 22.1 Å². The number of carboxylic acids is 1. The average Bonchev–Trinajstić information content (AvgIpc) is 3.32. The summed E-state index contributed by atoms with van der Waals surface area (Å²) in [5, 5.41) is 14.4. The minimum Gasteiger partial charge on any atom is -0.478 e. The van der Waals surface area contributed by atoms with E-state index in [9.17, 15) is 14.3 Å². The first-order valence-electron chi connectivity index (χ1n) is 7.42. The molecule has 23 heavy (non-hydrogen) atoms. The second kappa shape index (κ2) is 5.20. The first kappa shape index (κ1) is 14.0. The van der Waals surface area contributed by atoms with Crippen LogP contribution in [0.25, 0.3) is 0 Å². The number of hydrogen-bond donors (Lipinski definition) is 3. The number of hydrazine groups is 1. The lowest BCUT2D eigenvalue weighted by atomic mass is 10.1. The highest BCUT2D eigenvalue weighted by Crippen LogP contribution is 2.40. The van der Waals surface area contributed by atoms with Gasteiger partial charge in [-0.25, -0.2) is 14.6 Å². The van der Waals surface area contributed by atoms with Crippen molar-refractivity contribution in [2.45, 2.75) is 25.0 Å². The van der Waals surface area contributed by atoms with Crippen LogP contribution in [0.15, 0.2) is 36.7 Å². The maximum atomic E-state index is 13.6. The van der Waals surface area contributed by atoms with E-state index in [1.807, 2.05) is 5.01 Å². The zero-order valence-corrected chi connectivity index (χ0v) is 12.2. The van der Waals surface area contributed by atoms with Gasteiger partial charge in [-0.1, -0.05) is 0 Å². The van der Waals surface area contributed by atoms with Crippen molar-refractivity contribution in [2.24, 2.45) is 0 Å². The summed E-state index contributed by atoms with van der Waals surface area (Å²) in [6.07, 6.45) is 4.67. The quantitative estimate of drug-likeness (QED) is 0.805. The Kier molecular flexibility index (Phi) is 3.16. The fourth-order valence-corrected chi connectivity index (χ4v) is 2.85. The number of fused-ring (bicyclic) bond motifs is 1. The van der Waals surface area contributed by atoms with Crippen LogP contribution in [0.1, 0.15) is 34.9 Å². The lowest BCUT2D eigenvalue weighted by Crippen LogP contribution is -2.38. The molecule has 3 N–H and O–H groups in total. The number of aromatic carboxylic acids is 1. The van der Waals surface area contributed by atoms with E-state index < -0.39 is 12.1 Å². The maximum Gasteiger partial charge on any atom is 0.337 e. The standard InChI is InChI=1S/C16H15FN4O2/c17-9-1-4-14-12(7-9)15(20-21(14)10-2-3-10)19-13-8-18-6-5-11(13)16(22)23/h1,4-8,10,15,19-20H,2-3H2,(H,22,23). The first-order valence-corrected chi connectivity index (χ1v) is 7.42. The molecule has 1 atom stereocenters. The third-order valence-corrected chi connectivity index (χ3v) is 4.09. The number of carboxylic acid groups (broad SMARTS) is 1. The van der Waals surface area contributed by atoms with Crippen molar-refractivity contribution in [2.75, 3.05) is 10.3 Å². The molecule has 2 aliphatic rings. The van der Waals surface area contributed by atoms with E-state index in [1.54, 1.807) is 6.07 Å². The second-order valence-electron chi connectivity index (χ2n) is 5.74. The minimum atomic E-state index is -1.04. The van der Waals surface area contributed by atoms with Gasteiger partial charge in [0.1, 0.15) is 12.0 Å². The molecule has 1 fully saturated rings. The Labute approximate surface area is 131 Å². The normalized spacial score (nSPS) is 19.5. The summed E-state index contributed by atoms with van der Waals surface area (Å²) in [5.74, 6) is -1.36. The molecule has 0 saturated heterocycles. The second-order valence-corrected chi connectivity index (χ2v) is 5.74. The molecule has 7 heteroatoms. The van der Waals surface area contributed by atoms with E-state index in [2.05, 4.69) is 15.7 Å². The lowest BCUT2D eigenvalue weighted by Gasteiger charge is -2.21. The molecule has 2 heterocycles. The molecule has 1 saturated carbocycles. The van der Waals surface area contributed by atoms with Crippen LogP contribution in [-0.2, 0) is 0 Å². The van der Waals surface area contributed by atoms with Crippen LogP contribution < -0.4 is 15.8 Å². The van der Waals surface area contributed by atoms with Gasteiger partial charge in [0.2, 0.25) is 0 Å². The minimum absolute atomic E-state index is 0.129. The van der Waals surface area contributed by atoms with Gasteiger partial charge < -0.3 is 15.4 Å². The Bertz CT molecular complexity index is 778. The predicted octanol–water partition coefficient (Wildman–Crippen LogP) is 2.52. The summed E-state index contributed by atoms with van der Waals surface area (Å²) in [4.78, 5) is 15.3. The van der Waals surface area contributed by atoms with Gasteiger partial charge in [-0.05, 0) is 37.1 Å². The Morgan fingerprint density at radius 1 is 1.39 bits per heavy atom. The summed E-state index contributed by atoms with van der Waals surface area (Å²) in [5.41, 5.74) is 5.50. The smallest absolute Gasteiger partial charge is 0.337 e. The first-order chi connectivity index (χ1) is 11.1. The molecule has 0 radical (unpaired) electrons.